The Bertz CT molecular complexity index is 1110. The summed E-state index contributed by atoms with van der Waals surface area (Å²) in [6.45, 7) is 5.41. The van der Waals surface area contributed by atoms with Crippen LogP contribution in [0.4, 0.5) is 0 Å². The van der Waals surface area contributed by atoms with Gasteiger partial charge in [-0.1, -0.05) is 48.5 Å². The maximum Gasteiger partial charge on any atom is 0.231 e. The van der Waals surface area contributed by atoms with Crippen LogP contribution in [0.1, 0.15) is 43.9 Å². The minimum Gasteiger partial charge on any atom is -0.454 e. The van der Waals surface area contributed by atoms with Gasteiger partial charge >= 0.3 is 0 Å². The summed E-state index contributed by atoms with van der Waals surface area (Å²) in [4.78, 5) is 0. The average molecular weight is 448 g/mol. The highest BCUT2D eigenvalue weighted by Gasteiger charge is 2.34. The fourth-order valence-electron chi connectivity index (χ4n) is 4.58. The van der Waals surface area contributed by atoms with Crippen molar-refractivity contribution in [1.82, 2.24) is 5.32 Å². The normalized spacial score (nSPS) is 17.3. The molecule has 2 N–H and O–H groups in total. The van der Waals surface area contributed by atoms with Crippen molar-refractivity contribution < 1.29 is 19.3 Å². The number of β-amino-alcohol motifs (C(OH)–C–C–N with tert-alkyl or cyclic N) is 1. The second kappa shape index (κ2) is 9.34. The fourth-order valence-corrected chi connectivity index (χ4v) is 4.58. The molecular formula is C28H33NO4. The molecule has 2 unspecified atom stereocenters. The van der Waals surface area contributed by atoms with E-state index in [0.717, 1.165) is 36.3 Å². The van der Waals surface area contributed by atoms with Crippen molar-refractivity contribution >= 4 is 10.8 Å². The van der Waals surface area contributed by atoms with Crippen LogP contribution in [0.2, 0.25) is 0 Å². The molecule has 1 aliphatic heterocycles. The summed E-state index contributed by atoms with van der Waals surface area (Å²) in [5.74, 6) is 2.07. The van der Waals surface area contributed by atoms with Crippen molar-refractivity contribution in [2.24, 2.45) is 5.92 Å². The van der Waals surface area contributed by atoms with E-state index >= 15 is 0 Å². The molecule has 2 atom stereocenters. The number of fused-ring (bicyclic) bond motifs is 2. The predicted octanol–water partition coefficient (Wildman–Crippen LogP) is 5.01. The lowest BCUT2D eigenvalue weighted by atomic mass is 9.93. The summed E-state index contributed by atoms with van der Waals surface area (Å²) in [6.07, 6.45) is 2.61. The van der Waals surface area contributed by atoms with Gasteiger partial charge in [-0.15, -0.1) is 0 Å². The minimum atomic E-state index is -0.573. The summed E-state index contributed by atoms with van der Waals surface area (Å²) in [5, 5.41) is 16.7. The van der Waals surface area contributed by atoms with Crippen molar-refractivity contribution in [2.75, 3.05) is 19.9 Å². The van der Waals surface area contributed by atoms with Crippen LogP contribution in [-0.2, 0) is 11.2 Å². The molecule has 0 radical (unpaired) electrons. The Morgan fingerprint density at radius 1 is 1.00 bits per heavy atom. The van der Waals surface area contributed by atoms with Gasteiger partial charge < -0.3 is 24.6 Å². The lowest BCUT2D eigenvalue weighted by molar-refractivity contribution is -0.0212. The van der Waals surface area contributed by atoms with Gasteiger partial charge in [0, 0.05) is 12.1 Å². The van der Waals surface area contributed by atoms with Crippen molar-refractivity contribution in [3.8, 4) is 11.5 Å². The van der Waals surface area contributed by atoms with E-state index in [2.05, 4.69) is 61.6 Å². The van der Waals surface area contributed by atoms with Crippen LogP contribution < -0.4 is 14.8 Å². The van der Waals surface area contributed by atoms with E-state index < -0.39 is 6.10 Å². The average Bonchev–Trinajstić information content (AvgIpc) is 3.53. The molecule has 0 saturated heterocycles. The number of rotatable bonds is 10. The molecule has 3 aromatic carbocycles. The predicted molar refractivity (Wildman–Crippen MR) is 130 cm³/mol. The van der Waals surface area contributed by atoms with E-state index in [-0.39, 0.29) is 18.4 Å². The molecule has 1 heterocycles. The molecule has 3 aromatic rings. The minimum absolute atomic E-state index is 0.0141. The highest BCUT2D eigenvalue weighted by molar-refractivity contribution is 5.83. The molecule has 0 spiro atoms. The summed E-state index contributed by atoms with van der Waals surface area (Å²) >= 11 is 0. The number of aliphatic hydroxyl groups excluding tert-OH is 1. The van der Waals surface area contributed by atoms with Gasteiger partial charge in [0.25, 0.3) is 0 Å². The number of benzene rings is 3. The summed E-state index contributed by atoms with van der Waals surface area (Å²) in [5.41, 5.74) is 2.24. The highest BCUT2D eigenvalue weighted by atomic mass is 16.7. The van der Waals surface area contributed by atoms with Gasteiger partial charge in [0.1, 0.15) is 0 Å². The molecule has 33 heavy (non-hydrogen) atoms. The molecule has 5 rings (SSSR count). The molecule has 1 saturated carbocycles. The van der Waals surface area contributed by atoms with Crippen molar-refractivity contribution in [2.45, 2.75) is 50.9 Å². The highest BCUT2D eigenvalue weighted by Crippen LogP contribution is 2.45. The van der Waals surface area contributed by atoms with Crippen LogP contribution in [-0.4, -0.2) is 36.7 Å². The quantitative estimate of drug-likeness (QED) is 0.458. The zero-order chi connectivity index (χ0) is 22.8. The molecule has 2 aliphatic rings. The lowest BCUT2D eigenvalue weighted by Gasteiger charge is -2.29. The van der Waals surface area contributed by atoms with Crippen LogP contribution in [0.25, 0.3) is 10.8 Å². The molecule has 1 fully saturated rings. The topological polar surface area (TPSA) is 60.0 Å². The maximum atomic E-state index is 10.6. The Balaban J connectivity index is 1.14. The lowest BCUT2D eigenvalue weighted by Crippen LogP contribution is -2.46. The van der Waals surface area contributed by atoms with E-state index in [1.54, 1.807) is 0 Å². The molecular weight excluding hydrogens is 414 g/mol. The van der Waals surface area contributed by atoms with Crippen LogP contribution in [0, 0.1) is 5.92 Å². The molecule has 1 aliphatic carbocycles. The first-order chi connectivity index (χ1) is 16.0. The van der Waals surface area contributed by atoms with Gasteiger partial charge in [0.2, 0.25) is 6.79 Å². The second-order valence-electron chi connectivity index (χ2n) is 9.98. The van der Waals surface area contributed by atoms with Gasteiger partial charge in [-0.2, -0.15) is 0 Å². The molecule has 0 aromatic heterocycles. The van der Waals surface area contributed by atoms with Crippen molar-refractivity contribution in [3.05, 3.63) is 71.8 Å². The summed E-state index contributed by atoms with van der Waals surface area (Å²) in [6, 6.07) is 21.1. The molecule has 0 bridgehead atoms. The Kier molecular flexibility index (Phi) is 6.28. The van der Waals surface area contributed by atoms with E-state index in [1.807, 2.05) is 18.2 Å². The monoisotopic (exact) mass is 447 g/mol. The first-order valence-corrected chi connectivity index (χ1v) is 11.9. The van der Waals surface area contributed by atoms with Crippen LogP contribution >= 0.6 is 0 Å². The van der Waals surface area contributed by atoms with Crippen LogP contribution in [0.3, 0.4) is 0 Å². The zero-order valence-corrected chi connectivity index (χ0v) is 19.4. The van der Waals surface area contributed by atoms with E-state index in [4.69, 9.17) is 14.2 Å². The van der Waals surface area contributed by atoms with Gasteiger partial charge in [-0.05, 0) is 73.1 Å². The largest absolute Gasteiger partial charge is 0.454 e. The van der Waals surface area contributed by atoms with Crippen LogP contribution in [0.15, 0.2) is 60.7 Å². The van der Waals surface area contributed by atoms with Gasteiger partial charge in [-0.25, -0.2) is 0 Å². The molecule has 0 amide bonds. The number of hydrogen-bond donors (Lipinski definition) is 2. The third-order valence-corrected chi connectivity index (χ3v) is 6.52. The van der Waals surface area contributed by atoms with Gasteiger partial charge in [0.05, 0.1) is 18.8 Å². The van der Waals surface area contributed by atoms with Gasteiger partial charge in [0.15, 0.2) is 11.5 Å². The van der Waals surface area contributed by atoms with E-state index in [0.29, 0.717) is 19.1 Å². The third kappa shape index (κ3) is 5.49. The Morgan fingerprint density at radius 3 is 2.61 bits per heavy atom. The standard InChI is InChI=1S/C28H33NO4/c1-28(2,15-19-7-8-20-5-3-4-6-22(20)13-19)29-16-24(30)17-31-27(21-9-10-21)23-11-12-25-26(14-23)33-18-32-25/h3-8,11-14,21,24,27,29-30H,9-10,15-18H2,1-2H3. The molecule has 174 valence electrons. The zero-order valence-electron chi connectivity index (χ0n) is 19.4. The van der Waals surface area contributed by atoms with Crippen molar-refractivity contribution in [3.63, 3.8) is 0 Å². The smallest absolute Gasteiger partial charge is 0.231 e. The Labute approximate surface area is 195 Å². The number of hydrogen-bond acceptors (Lipinski definition) is 5. The van der Waals surface area contributed by atoms with Gasteiger partial charge in [-0.3, -0.25) is 0 Å². The first kappa shape index (κ1) is 22.2. The number of aliphatic hydroxyl groups is 1. The van der Waals surface area contributed by atoms with Crippen LogP contribution in [0.5, 0.6) is 11.5 Å². The first-order valence-electron chi connectivity index (χ1n) is 11.9. The molecule has 5 heteroatoms. The number of ether oxygens (including phenoxy) is 3. The SMILES string of the molecule is CC(C)(Cc1ccc2ccccc2c1)NCC(O)COC(c1ccc2c(c1)OCO2)C1CC1. The summed E-state index contributed by atoms with van der Waals surface area (Å²) < 4.78 is 17.2. The fraction of sp³-hybridized carbons (Fsp3) is 0.429. The Hall–Kier alpha value is -2.60. The Morgan fingerprint density at radius 2 is 1.79 bits per heavy atom. The van der Waals surface area contributed by atoms with E-state index in [1.165, 1.54) is 16.3 Å². The second-order valence-corrected chi connectivity index (χ2v) is 9.98. The maximum absolute atomic E-state index is 10.6. The number of nitrogens with one attached hydrogen (secondary N) is 1. The van der Waals surface area contributed by atoms with Crippen molar-refractivity contribution in [1.29, 1.82) is 0 Å². The molecule has 5 nitrogen and oxygen atoms in total. The summed E-state index contributed by atoms with van der Waals surface area (Å²) in [7, 11) is 0. The third-order valence-electron chi connectivity index (χ3n) is 6.52. The van der Waals surface area contributed by atoms with E-state index in [9.17, 15) is 5.11 Å².